The Morgan fingerprint density at radius 1 is 1.36 bits per heavy atom. The lowest BCUT2D eigenvalue weighted by Crippen LogP contribution is -2.34. The van der Waals surface area contributed by atoms with E-state index >= 15 is 0 Å². The normalized spacial score (nSPS) is 32.6. The maximum absolute atomic E-state index is 9.87. The molecule has 1 heterocycles. The van der Waals surface area contributed by atoms with Gasteiger partial charge in [-0.05, 0) is 39.2 Å². The van der Waals surface area contributed by atoms with Crippen LogP contribution in [0.25, 0.3) is 0 Å². The highest BCUT2D eigenvalue weighted by Gasteiger charge is 2.25. The lowest BCUT2D eigenvalue weighted by molar-refractivity contribution is 0.0420. The fourth-order valence-corrected chi connectivity index (χ4v) is 1.93. The van der Waals surface area contributed by atoms with E-state index in [0.29, 0.717) is 0 Å². The average Bonchev–Trinajstić information content (AvgIpc) is 2.28. The Morgan fingerprint density at radius 3 is 2.71 bits per heavy atom. The molecule has 0 aliphatic carbocycles. The van der Waals surface area contributed by atoms with E-state index in [2.05, 4.69) is 4.90 Å². The minimum Gasteiger partial charge on any atom is -0.392 e. The van der Waals surface area contributed by atoms with E-state index in [0.717, 1.165) is 45.3 Å². The van der Waals surface area contributed by atoms with Crippen LogP contribution in [0.2, 0.25) is 0 Å². The molecular weight excluding hydrogens is 178 g/mol. The molecule has 0 amide bonds. The van der Waals surface area contributed by atoms with E-state index in [1.165, 1.54) is 0 Å². The molecule has 0 radical (unpaired) electrons. The first-order chi connectivity index (χ1) is 6.53. The monoisotopic (exact) mass is 201 g/mol. The molecule has 0 saturated carbocycles. The second-order valence-electron chi connectivity index (χ2n) is 4.71. The lowest BCUT2D eigenvalue weighted by Gasteiger charge is -2.24. The van der Waals surface area contributed by atoms with Gasteiger partial charge < -0.3 is 15.1 Å². The standard InChI is InChI=1S/C11H23NO2/c1-3-10(13)9-12-7-4-5-11(2,14)6-8-12/h10,13-14H,3-9H2,1-2H3/t10-,11?/m0/s1. The number of likely N-dealkylation sites (tertiary alicyclic amines) is 1. The van der Waals surface area contributed by atoms with E-state index < -0.39 is 5.60 Å². The van der Waals surface area contributed by atoms with Gasteiger partial charge in [-0.25, -0.2) is 0 Å². The fourth-order valence-electron chi connectivity index (χ4n) is 1.93. The molecule has 1 saturated heterocycles. The first kappa shape index (κ1) is 12.0. The summed E-state index contributed by atoms with van der Waals surface area (Å²) in [5.41, 5.74) is -0.494. The Hall–Kier alpha value is -0.120. The molecule has 1 rings (SSSR count). The number of rotatable bonds is 3. The molecule has 1 aliphatic rings. The number of aliphatic hydroxyl groups excluding tert-OH is 1. The van der Waals surface area contributed by atoms with Crippen LogP contribution in [0.15, 0.2) is 0 Å². The van der Waals surface area contributed by atoms with Crippen molar-refractivity contribution in [3.05, 3.63) is 0 Å². The SMILES string of the molecule is CC[C@H](O)CN1CCCC(C)(O)CC1. The van der Waals surface area contributed by atoms with Gasteiger partial charge in [-0.2, -0.15) is 0 Å². The smallest absolute Gasteiger partial charge is 0.0664 e. The van der Waals surface area contributed by atoms with Gasteiger partial charge >= 0.3 is 0 Å². The van der Waals surface area contributed by atoms with Gasteiger partial charge in [0.25, 0.3) is 0 Å². The molecule has 84 valence electrons. The van der Waals surface area contributed by atoms with Gasteiger partial charge in [0.2, 0.25) is 0 Å². The lowest BCUT2D eigenvalue weighted by atomic mass is 9.98. The van der Waals surface area contributed by atoms with Gasteiger partial charge in [-0.3, -0.25) is 0 Å². The molecule has 3 nitrogen and oxygen atoms in total. The Kier molecular flexibility index (Phi) is 4.35. The number of β-amino-alcohol motifs (C(OH)–C–C–N with tert-alkyl or cyclic N) is 1. The van der Waals surface area contributed by atoms with Gasteiger partial charge in [0, 0.05) is 13.1 Å². The Balaban J connectivity index is 2.35. The van der Waals surface area contributed by atoms with Crippen LogP contribution in [0.3, 0.4) is 0 Å². The summed E-state index contributed by atoms with van der Waals surface area (Å²) >= 11 is 0. The van der Waals surface area contributed by atoms with Crippen LogP contribution < -0.4 is 0 Å². The zero-order valence-corrected chi connectivity index (χ0v) is 9.37. The summed E-state index contributed by atoms with van der Waals surface area (Å²) in [5.74, 6) is 0. The van der Waals surface area contributed by atoms with E-state index in [-0.39, 0.29) is 6.10 Å². The van der Waals surface area contributed by atoms with E-state index in [1.54, 1.807) is 0 Å². The summed E-state index contributed by atoms with van der Waals surface area (Å²) < 4.78 is 0. The van der Waals surface area contributed by atoms with E-state index in [1.807, 2.05) is 13.8 Å². The second-order valence-corrected chi connectivity index (χ2v) is 4.71. The van der Waals surface area contributed by atoms with Crippen LogP contribution in [0.4, 0.5) is 0 Å². The number of hydrogen-bond acceptors (Lipinski definition) is 3. The third kappa shape index (κ3) is 3.95. The minimum absolute atomic E-state index is 0.210. The molecule has 2 N–H and O–H groups in total. The summed E-state index contributed by atoms with van der Waals surface area (Å²) in [6.07, 6.45) is 3.34. The van der Waals surface area contributed by atoms with Crippen molar-refractivity contribution in [3.8, 4) is 0 Å². The molecule has 2 atom stereocenters. The predicted molar refractivity (Wildman–Crippen MR) is 57.2 cm³/mol. The van der Waals surface area contributed by atoms with Crippen LogP contribution in [0.1, 0.15) is 39.5 Å². The first-order valence-electron chi connectivity index (χ1n) is 5.66. The van der Waals surface area contributed by atoms with Crippen LogP contribution in [0, 0.1) is 0 Å². The molecule has 14 heavy (non-hydrogen) atoms. The number of nitrogens with zero attached hydrogens (tertiary/aromatic N) is 1. The fraction of sp³-hybridized carbons (Fsp3) is 1.00. The molecule has 0 spiro atoms. The molecule has 3 heteroatoms. The molecule has 0 aromatic heterocycles. The van der Waals surface area contributed by atoms with Crippen LogP contribution >= 0.6 is 0 Å². The third-order valence-electron chi connectivity index (χ3n) is 3.10. The third-order valence-corrected chi connectivity index (χ3v) is 3.10. The molecule has 0 aromatic rings. The Labute approximate surface area is 86.7 Å². The Bertz CT molecular complexity index is 171. The summed E-state index contributed by atoms with van der Waals surface area (Å²) in [6, 6.07) is 0. The van der Waals surface area contributed by atoms with Gasteiger partial charge in [0.05, 0.1) is 11.7 Å². The van der Waals surface area contributed by atoms with Crippen LogP contribution in [0.5, 0.6) is 0 Å². The highest BCUT2D eigenvalue weighted by molar-refractivity contribution is 4.79. The number of hydrogen-bond donors (Lipinski definition) is 2. The zero-order chi connectivity index (χ0) is 10.6. The molecule has 0 bridgehead atoms. The molecule has 1 aliphatic heterocycles. The molecule has 0 aromatic carbocycles. The van der Waals surface area contributed by atoms with Crippen molar-refractivity contribution >= 4 is 0 Å². The summed E-state index contributed by atoms with van der Waals surface area (Å²) in [5, 5.41) is 19.4. The van der Waals surface area contributed by atoms with Crippen molar-refractivity contribution in [1.29, 1.82) is 0 Å². The van der Waals surface area contributed by atoms with E-state index in [9.17, 15) is 10.2 Å². The topological polar surface area (TPSA) is 43.7 Å². The van der Waals surface area contributed by atoms with Gasteiger partial charge in [-0.1, -0.05) is 6.92 Å². The van der Waals surface area contributed by atoms with Crippen molar-refractivity contribution in [3.63, 3.8) is 0 Å². The van der Waals surface area contributed by atoms with Gasteiger partial charge in [-0.15, -0.1) is 0 Å². The molecular formula is C11H23NO2. The maximum Gasteiger partial charge on any atom is 0.0664 e. The highest BCUT2D eigenvalue weighted by atomic mass is 16.3. The van der Waals surface area contributed by atoms with Crippen molar-refractivity contribution in [2.75, 3.05) is 19.6 Å². The van der Waals surface area contributed by atoms with Gasteiger partial charge in [0.1, 0.15) is 0 Å². The average molecular weight is 201 g/mol. The largest absolute Gasteiger partial charge is 0.392 e. The van der Waals surface area contributed by atoms with Crippen molar-refractivity contribution < 1.29 is 10.2 Å². The quantitative estimate of drug-likeness (QED) is 0.716. The molecule has 1 fully saturated rings. The second kappa shape index (κ2) is 5.10. The highest BCUT2D eigenvalue weighted by Crippen LogP contribution is 2.21. The van der Waals surface area contributed by atoms with Crippen molar-refractivity contribution in [2.24, 2.45) is 0 Å². The zero-order valence-electron chi connectivity index (χ0n) is 9.37. The van der Waals surface area contributed by atoms with Crippen molar-refractivity contribution in [1.82, 2.24) is 4.90 Å². The maximum atomic E-state index is 9.87. The minimum atomic E-state index is -0.494. The van der Waals surface area contributed by atoms with Crippen LogP contribution in [-0.4, -0.2) is 46.5 Å². The molecule has 1 unspecified atom stereocenters. The van der Waals surface area contributed by atoms with Gasteiger partial charge in [0.15, 0.2) is 0 Å². The Morgan fingerprint density at radius 2 is 2.07 bits per heavy atom. The first-order valence-corrected chi connectivity index (χ1v) is 5.66. The summed E-state index contributed by atoms with van der Waals surface area (Å²) in [6.45, 7) is 6.58. The summed E-state index contributed by atoms with van der Waals surface area (Å²) in [7, 11) is 0. The van der Waals surface area contributed by atoms with Crippen molar-refractivity contribution in [2.45, 2.75) is 51.2 Å². The number of aliphatic hydroxyl groups is 2. The van der Waals surface area contributed by atoms with Crippen LogP contribution in [-0.2, 0) is 0 Å². The summed E-state index contributed by atoms with van der Waals surface area (Å²) in [4.78, 5) is 2.26. The predicted octanol–water partition coefficient (Wildman–Crippen LogP) is 0.994. The van der Waals surface area contributed by atoms with E-state index in [4.69, 9.17) is 0 Å².